The molecule has 0 aromatic carbocycles. The fourth-order valence-electron chi connectivity index (χ4n) is 3.68. The maximum atomic E-state index is 3.75. The average Bonchev–Trinajstić information content (AvgIpc) is 2.28. The van der Waals surface area contributed by atoms with Gasteiger partial charge in [-0.2, -0.15) is 0 Å². The lowest BCUT2D eigenvalue weighted by atomic mass is 9.81. The number of hydrogen-bond acceptors (Lipinski definition) is 2. The highest BCUT2D eigenvalue weighted by molar-refractivity contribution is 4.94. The third kappa shape index (κ3) is 3.27. The summed E-state index contributed by atoms with van der Waals surface area (Å²) >= 11 is 0. The fraction of sp³-hybridized carbons (Fsp3) is 1.00. The van der Waals surface area contributed by atoms with Crippen molar-refractivity contribution in [2.45, 2.75) is 78.4 Å². The first-order valence-electron chi connectivity index (χ1n) is 7.87. The van der Waals surface area contributed by atoms with E-state index in [1.165, 1.54) is 32.2 Å². The lowest BCUT2D eigenvalue weighted by Gasteiger charge is -2.48. The summed E-state index contributed by atoms with van der Waals surface area (Å²) in [5, 5.41) is 3.75. The van der Waals surface area contributed by atoms with Crippen LogP contribution in [0.2, 0.25) is 0 Å². The quantitative estimate of drug-likeness (QED) is 0.770. The van der Waals surface area contributed by atoms with E-state index in [2.05, 4.69) is 44.8 Å². The SMILES string of the molecule is CC1CCCC(N2CC(C(C)(C)C)NCC2C)C1. The van der Waals surface area contributed by atoms with Crippen molar-refractivity contribution in [1.29, 1.82) is 0 Å². The zero-order valence-electron chi connectivity index (χ0n) is 13.0. The summed E-state index contributed by atoms with van der Waals surface area (Å²) < 4.78 is 0. The van der Waals surface area contributed by atoms with Gasteiger partial charge < -0.3 is 5.32 Å². The lowest BCUT2D eigenvalue weighted by molar-refractivity contribution is 0.0342. The molecule has 1 N–H and O–H groups in total. The molecule has 1 aliphatic carbocycles. The Kier molecular flexibility index (Phi) is 4.38. The second kappa shape index (κ2) is 5.50. The summed E-state index contributed by atoms with van der Waals surface area (Å²) in [4.78, 5) is 2.81. The van der Waals surface area contributed by atoms with Gasteiger partial charge in [-0.1, -0.05) is 40.5 Å². The molecule has 2 rings (SSSR count). The summed E-state index contributed by atoms with van der Waals surface area (Å²) in [5.41, 5.74) is 0.374. The van der Waals surface area contributed by atoms with Crippen LogP contribution in [0.25, 0.3) is 0 Å². The Balaban J connectivity index is 2.01. The first kappa shape index (κ1) is 14.3. The second-order valence-electron chi connectivity index (χ2n) is 7.80. The van der Waals surface area contributed by atoms with Gasteiger partial charge in [-0.05, 0) is 31.1 Å². The zero-order chi connectivity index (χ0) is 13.3. The van der Waals surface area contributed by atoms with Gasteiger partial charge in [-0.3, -0.25) is 4.90 Å². The zero-order valence-corrected chi connectivity index (χ0v) is 13.0. The molecule has 1 saturated heterocycles. The van der Waals surface area contributed by atoms with Gasteiger partial charge in [0.25, 0.3) is 0 Å². The fourth-order valence-corrected chi connectivity index (χ4v) is 3.68. The summed E-state index contributed by atoms with van der Waals surface area (Å²) in [6, 6.07) is 2.19. The van der Waals surface area contributed by atoms with E-state index in [0.29, 0.717) is 17.5 Å². The molecule has 2 aliphatic rings. The monoisotopic (exact) mass is 252 g/mol. The Labute approximate surface area is 114 Å². The minimum absolute atomic E-state index is 0.374. The van der Waals surface area contributed by atoms with Crippen molar-refractivity contribution in [3.8, 4) is 0 Å². The predicted octanol–water partition coefficient (Wildman–Crippen LogP) is 3.27. The van der Waals surface area contributed by atoms with Crippen LogP contribution < -0.4 is 5.32 Å². The molecule has 4 unspecified atom stereocenters. The number of nitrogens with one attached hydrogen (secondary N) is 1. The molecule has 1 aliphatic heterocycles. The summed E-state index contributed by atoms with van der Waals surface area (Å²) in [5.74, 6) is 0.930. The van der Waals surface area contributed by atoms with Gasteiger partial charge in [0.15, 0.2) is 0 Å². The number of hydrogen-bond donors (Lipinski definition) is 1. The molecule has 1 saturated carbocycles. The molecule has 18 heavy (non-hydrogen) atoms. The van der Waals surface area contributed by atoms with Crippen molar-refractivity contribution < 1.29 is 0 Å². The molecule has 2 fully saturated rings. The van der Waals surface area contributed by atoms with E-state index < -0.39 is 0 Å². The number of piperazine rings is 1. The van der Waals surface area contributed by atoms with E-state index >= 15 is 0 Å². The number of nitrogens with zero attached hydrogens (tertiary/aromatic N) is 1. The van der Waals surface area contributed by atoms with Gasteiger partial charge in [0.05, 0.1) is 0 Å². The topological polar surface area (TPSA) is 15.3 Å². The maximum absolute atomic E-state index is 3.75. The Morgan fingerprint density at radius 3 is 2.44 bits per heavy atom. The second-order valence-corrected chi connectivity index (χ2v) is 7.80. The van der Waals surface area contributed by atoms with E-state index in [0.717, 1.165) is 18.5 Å². The van der Waals surface area contributed by atoms with Crippen LogP contribution in [0.15, 0.2) is 0 Å². The van der Waals surface area contributed by atoms with Crippen molar-refractivity contribution >= 4 is 0 Å². The van der Waals surface area contributed by atoms with E-state index in [1.54, 1.807) is 0 Å². The molecular formula is C16H32N2. The molecule has 0 radical (unpaired) electrons. The normalized spacial score (nSPS) is 39.8. The molecule has 0 bridgehead atoms. The summed E-state index contributed by atoms with van der Waals surface area (Å²) in [6.45, 7) is 14.3. The molecule has 0 aromatic heterocycles. The van der Waals surface area contributed by atoms with Gasteiger partial charge in [-0.15, -0.1) is 0 Å². The van der Waals surface area contributed by atoms with Crippen LogP contribution in [0.5, 0.6) is 0 Å². The first-order chi connectivity index (χ1) is 8.38. The van der Waals surface area contributed by atoms with Gasteiger partial charge >= 0.3 is 0 Å². The summed E-state index contributed by atoms with van der Waals surface area (Å²) in [7, 11) is 0. The smallest absolute Gasteiger partial charge is 0.0244 e. The highest BCUT2D eigenvalue weighted by Crippen LogP contribution is 2.31. The molecule has 106 valence electrons. The average molecular weight is 252 g/mol. The molecule has 4 atom stereocenters. The van der Waals surface area contributed by atoms with Crippen molar-refractivity contribution in [2.75, 3.05) is 13.1 Å². The molecule has 0 aromatic rings. The Morgan fingerprint density at radius 2 is 1.83 bits per heavy atom. The van der Waals surface area contributed by atoms with Crippen LogP contribution in [0.3, 0.4) is 0 Å². The Bertz CT molecular complexity index is 269. The Morgan fingerprint density at radius 1 is 1.11 bits per heavy atom. The standard InChI is InChI=1S/C16H32N2/c1-12-7-6-8-14(9-12)18-11-15(16(3,4)5)17-10-13(18)2/h12-15,17H,6-11H2,1-5H3. The molecule has 2 nitrogen and oxygen atoms in total. The van der Waals surface area contributed by atoms with Crippen LogP contribution in [-0.4, -0.2) is 36.1 Å². The highest BCUT2D eigenvalue weighted by atomic mass is 15.3. The molecular weight excluding hydrogens is 220 g/mol. The Hall–Kier alpha value is -0.0800. The van der Waals surface area contributed by atoms with Crippen LogP contribution >= 0.6 is 0 Å². The molecule has 1 heterocycles. The van der Waals surface area contributed by atoms with Crippen molar-refractivity contribution in [3.63, 3.8) is 0 Å². The first-order valence-corrected chi connectivity index (χ1v) is 7.87. The van der Waals surface area contributed by atoms with Crippen LogP contribution in [0.4, 0.5) is 0 Å². The third-order valence-electron chi connectivity index (χ3n) is 5.04. The molecule has 0 spiro atoms. The highest BCUT2D eigenvalue weighted by Gasteiger charge is 2.36. The summed E-state index contributed by atoms with van der Waals surface area (Å²) in [6.07, 6.45) is 5.72. The van der Waals surface area contributed by atoms with Crippen molar-refractivity contribution in [1.82, 2.24) is 10.2 Å². The van der Waals surface area contributed by atoms with E-state index in [9.17, 15) is 0 Å². The largest absolute Gasteiger partial charge is 0.311 e. The predicted molar refractivity (Wildman–Crippen MR) is 78.8 cm³/mol. The van der Waals surface area contributed by atoms with E-state index in [-0.39, 0.29) is 0 Å². The van der Waals surface area contributed by atoms with Gasteiger partial charge in [0, 0.05) is 31.2 Å². The lowest BCUT2D eigenvalue weighted by Crippen LogP contribution is -2.62. The van der Waals surface area contributed by atoms with Crippen LogP contribution in [0.1, 0.15) is 60.3 Å². The van der Waals surface area contributed by atoms with Gasteiger partial charge in [0.1, 0.15) is 0 Å². The third-order valence-corrected chi connectivity index (χ3v) is 5.04. The minimum atomic E-state index is 0.374. The van der Waals surface area contributed by atoms with Crippen LogP contribution in [-0.2, 0) is 0 Å². The number of rotatable bonds is 1. The minimum Gasteiger partial charge on any atom is -0.311 e. The van der Waals surface area contributed by atoms with Crippen molar-refractivity contribution in [3.05, 3.63) is 0 Å². The molecule has 0 amide bonds. The van der Waals surface area contributed by atoms with E-state index in [1.807, 2.05) is 0 Å². The van der Waals surface area contributed by atoms with Crippen LogP contribution in [0, 0.1) is 11.3 Å². The maximum Gasteiger partial charge on any atom is 0.0244 e. The van der Waals surface area contributed by atoms with Gasteiger partial charge in [0.2, 0.25) is 0 Å². The molecule has 2 heteroatoms. The van der Waals surface area contributed by atoms with E-state index in [4.69, 9.17) is 0 Å². The van der Waals surface area contributed by atoms with Crippen molar-refractivity contribution in [2.24, 2.45) is 11.3 Å². The van der Waals surface area contributed by atoms with Gasteiger partial charge in [-0.25, -0.2) is 0 Å².